The number of pyridine rings is 1. The van der Waals surface area contributed by atoms with Crippen LogP contribution in [0.25, 0.3) is 10.9 Å². The lowest BCUT2D eigenvalue weighted by Crippen LogP contribution is -2.28. The molecule has 2 heterocycles. The van der Waals surface area contributed by atoms with Crippen molar-refractivity contribution in [2.24, 2.45) is 0 Å². The third-order valence-corrected chi connectivity index (χ3v) is 6.27. The van der Waals surface area contributed by atoms with Crippen LogP contribution in [0.15, 0.2) is 77.6 Å². The predicted octanol–water partition coefficient (Wildman–Crippen LogP) is 4.22. The zero-order valence-corrected chi connectivity index (χ0v) is 20.7. The zero-order valence-electron chi connectivity index (χ0n) is 20.7. The molecule has 3 aromatic carbocycles. The third kappa shape index (κ3) is 5.90. The van der Waals surface area contributed by atoms with E-state index < -0.39 is 0 Å². The van der Waals surface area contributed by atoms with Crippen LogP contribution in [0.5, 0.6) is 5.75 Å². The fourth-order valence-electron chi connectivity index (χ4n) is 4.25. The minimum Gasteiger partial charge on any atom is -0.497 e. The maximum Gasteiger partial charge on any atom is 0.252 e. The number of hydrogen-bond acceptors (Lipinski definition) is 6. The van der Waals surface area contributed by atoms with Crippen LogP contribution in [-0.2, 0) is 26.2 Å². The molecule has 0 amide bonds. The van der Waals surface area contributed by atoms with Crippen LogP contribution in [0, 0.1) is 12.7 Å². The van der Waals surface area contributed by atoms with Gasteiger partial charge in [0.25, 0.3) is 5.56 Å². The molecule has 9 heteroatoms. The number of tetrazole rings is 1. The van der Waals surface area contributed by atoms with E-state index in [1.54, 1.807) is 23.9 Å². The molecule has 5 aromatic rings. The molecule has 0 fully saturated rings. The Morgan fingerprint density at radius 1 is 0.946 bits per heavy atom. The Morgan fingerprint density at radius 2 is 1.70 bits per heavy atom. The van der Waals surface area contributed by atoms with Gasteiger partial charge in [0, 0.05) is 24.7 Å². The Bertz CT molecular complexity index is 1560. The van der Waals surface area contributed by atoms with E-state index in [9.17, 15) is 9.18 Å². The number of ether oxygens (including phenoxy) is 1. The highest BCUT2D eigenvalue weighted by molar-refractivity contribution is 5.80. The van der Waals surface area contributed by atoms with Gasteiger partial charge in [-0.1, -0.05) is 42.0 Å². The first-order valence-electron chi connectivity index (χ1n) is 11.9. The monoisotopic (exact) mass is 498 g/mol. The predicted molar refractivity (Wildman–Crippen MR) is 139 cm³/mol. The highest BCUT2D eigenvalue weighted by Crippen LogP contribution is 2.20. The van der Waals surface area contributed by atoms with Crippen molar-refractivity contribution in [3.8, 4) is 5.75 Å². The summed E-state index contributed by atoms with van der Waals surface area (Å²) in [6.07, 6.45) is 0. The van der Waals surface area contributed by atoms with Crippen molar-refractivity contribution in [2.45, 2.75) is 33.1 Å². The van der Waals surface area contributed by atoms with Crippen LogP contribution in [0.2, 0.25) is 0 Å². The number of halogens is 1. The molecule has 0 aliphatic heterocycles. The second-order valence-corrected chi connectivity index (χ2v) is 9.09. The fraction of sp³-hybridized carbons (Fsp3) is 0.214. The Hall–Kier alpha value is -4.37. The zero-order chi connectivity index (χ0) is 25.8. The number of aryl methyl sites for hydroxylation is 1. The minimum atomic E-state index is -0.288. The van der Waals surface area contributed by atoms with Gasteiger partial charge in [0.05, 0.1) is 25.7 Å². The molecule has 37 heavy (non-hydrogen) atoms. The van der Waals surface area contributed by atoms with Crippen LogP contribution in [0.4, 0.5) is 4.39 Å². The van der Waals surface area contributed by atoms with E-state index in [0.29, 0.717) is 43.3 Å². The van der Waals surface area contributed by atoms with Crippen LogP contribution in [-0.4, -0.2) is 37.2 Å². The summed E-state index contributed by atoms with van der Waals surface area (Å²) < 4.78 is 20.3. The number of fused-ring (bicyclic) bond motifs is 1. The largest absolute Gasteiger partial charge is 0.497 e. The summed E-state index contributed by atoms with van der Waals surface area (Å²) in [7, 11) is 1.60. The molecule has 1 N–H and O–H groups in total. The van der Waals surface area contributed by atoms with Gasteiger partial charge in [-0.05, 0) is 64.2 Å². The van der Waals surface area contributed by atoms with E-state index >= 15 is 0 Å². The number of nitrogens with zero attached hydrogens (tertiary/aromatic N) is 5. The lowest BCUT2D eigenvalue weighted by molar-refractivity contribution is 0.236. The molecule has 0 aliphatic rings. The fourth-order valence-corrected chi connectivity index (χ4v) is 4.25. The Labute approximate surface area is 213 Å². The number of benzene rings is 3. The quantitative estimate of drug-likeness (QED) is 0.327. The van der Waals surface area contributed by atoms with Gasteiger partial charge in [-0.25, -0.2) is 9.07 Å². The average Bonchev–Trinajstić information content (AvgIpc) is 3.33. The van der Waals surface area contributed by atoms with Crippen molar-refractivity contribution in [2.75, 3.05) is 7.11 Å². The highest BCUT2D eigenvalue weighted by Gasteiger charge is 2.16. The summed E-state index contributed by atoms with van der Waals surface area (Å²) in [5.41, 5.74) is 4.40. The first-order chi connectivity index (χ1) is 18.0. The number of aromatic nitrogens is 5. The van der Waals surface area contributed by atoms with Crippen LogP contribution in [0.1, 0.15) is 28.1 Å². The van der Waals surface area contributed by atoms with Crippen molar-refractivity contribution >= 4 is 10.9 Å². The van der Waals surface area contributed by atoms with E-state index in [-0.39, 0.29) is 11.4 Å². The molecule has 0 saturated heterocycles. The topological polar surface area (TPSA) is 88.9 Å². The summed E-state index contributed by atoms with van der Waals surface area (Å²) >= 11 is 0. The molecule has 0 spiro atoms. The van der Waals surface area contributed by atoms with Gasteiger partial charge in [0.15, 0.2) is 5.82 Å². The van der Waals surface area contributed by atoms with E-state index in [1.807, 2.05) is 24.3 Å². The van der Waals surface area contributed by atoms with E-state index in [0.717, 1.165) is 22.0 Å². The Balaban J connectivity index is 1.43. The molecule has 8 nitrogen and oxygen atoms in total. The van der Waals surface area contributed by atoms with Gasteiger partial charge < -0.3 is 9.72 Å². The molecule has 0 aliphatic carbocycles. The molecular formula is C28H27FN6O2. The molecular weight excluding hydrogens is 471 g/mol. The molecule has 2 aromatic heterocycles. The number of aromatic amines is 1. The first-order valence-corrected chi connectivity index (χ1v) is 11.9. The average molecular weight is 499 g/mol. The SMILES string of the molecule is COc1ccc2cc(CN(Cc3ccc(C)cc3)Cc3nnnn3Cc3ccc(F)cc3)c(=O)[nH]c2c1. The van der Waals surface area contributed by atoms with Crippen LogP contribution >= 0.6 is 0 Å². The van der Waals surface area contributed by atoms with Gasteiger partial charge in [-0.2, -0.15) is 0 Å². The second-order valence-electron chi connectivity index (χ2n) is 9.09. The summed E-state index contributed by atoms with van der Waals surface area (Å²) in [6, 6.07) is 22.1. The lowest BCUT2D eigenvalue weighted by atomic mass is 10.1. The van der Waals surface area contributed by atoms with Crippen LogP contribution in [0.3, 0.4) is 0 Å². The summed E-state index contributed by atoms with van der Waals surface area (Å²) in [6.45, 7) is 3.88. The molecule has 0 saturated carbocycles. The van der Waals surface area contributed by atoms with Gasteiger partial charge in [0.1, 0.15) is 11.6 Å². The summed E-state index contributed by atoms with van der Waals surface area (Å²) in [5, 5.41) is 13.2. The second kappa shape index (κ2) is 10.7. The number of rotatable bonds is 9. The van der Waals surface area contributed by atoms with Gasteiger partial charge in [-0.15, -0.1) is 5.10 Å². The maximum atomic E-state index is 13.3. The van der Waals surface area contributed by atoms with E-state index in [2.05, 4.69) is 56.6 Å². The van der Waals surface area contributed by atoms with Crippen molar-refractivity contribution in [1.82, 2.24) is 30.1 Å². The van der Waals surface area contributed by atoms with Crippen molar-refractivity contribution in [3.05, 3.63) is 117 Å². The molecule has 5 rings (SSSR count). The molecule has 0 unspecified atom stereocenters. The number of nitrogens with one attached hydrogen (secondary N) is 1. The number of H-pyrrole nitrogens is 1. The van der Waals surface area contributed by atoms with Gasteiger partial charge >= 0.3 is 0 Å². The molecule has 0 bridgehead atoms. The first kappa shape index (κ1) is 24.3. The van der Waals surface area contributed by atoms with Gasteiger partial charge in [-0.3, -0.25) is 9.69 Å². The Morgan fingerprint density at radius 3 is 2.46 bits per heavy atom. The van der Waals surface area contributed by atoms with Crippen molar-refractivity contribution in [3.63, 3.8) is 0 Å². The van der Waals surface area contributed by atoms with Crippen molar-refractivity contribution < 1.29 is 9.13 Å². The van der Waals surface area contributed by atoms with Crippen molar-refractivity contribution in [1.29, 1.82) is 0 Å². The normalized spacial score (nSPS) is 11.4. The number of methoxy groups -OCH3 is 1. The molecule has 0 radical (unpaired) electrons. The summed E-state index contributed by atoms with van der Waals surface area (Å²) in [4.78, 5) is 18.1. The third-order valence-electron chi connectivity index (χ3n) is 6.27. The molecule has 0 atom stereocenters. The minimum absolute atomic E-state index is 0.152. The van der Waals surface area contributed by atoms with Gasteiger partial charge in [0.2, 0.25) is 0 Å². The smallest absolute Gasteiger partial charge is 0.252 e. The summed E-state index contributed by atoms with van der Waals surface area (Å²) in [5.74, 6) is 1.05. The maximum absolute atomic E-state index is 13.3. The lowest BCUT2D eigenvalue weighted by Gasteiger charge is -2.22. The highest BCUT2D eigenvalue weighted by atomic mass is 19.1. The Kier molecular flexibility index (Phi) is 7.04. The molecule has 188 valence electrons. The van der Waals surface area contributed by atoms with E-state index in [1.165, 1.54) is 17.7 Å². The van der Waals surface area contributed by atoms with E-state index in [4.69, 9.17) is 4.74 Å². The number of hydrogen-bond donors (Lipinski definition) is 1. The standard InChI is InChI=1S/C28H27FN6O2/c1-19-3-5-20(6-4-19)15-34(17-23-13-22-9-12-25(37-2)14-26(22)30-28(23)36)18-27-31-32-33-35(27)16-21-7-10-24(29)11-8-21/h3-14H,15-18H2,1-2H3,(H,30,36). The van der Waals surface area contributed by atoms with Crippen LogP contribution < -0.4 is 10.3 Å².